The summed E-state index contributed by atoms with van der Waals surface area (Å²) in [6.07, 6.45) is 0. The van der Waals surface area contributed by atoms with E-state index >= 15 is 0 Å². The molecule has 0 saturated carbocycles. The van der Waals surface area contributed by atoms with E-state index in [0.29, 0.717) is 24.2 Å². The highest BCUT2D eigenvalue weighted by molar-refractivity contribution is 5.92. The minimum Gasteiger partial charge on any atom is -0.352 e. The molecule has 0 bridgehead atoms. The summed E-state index contributed by atoms with van der Waals surface area (Å²) in [4.78, 5) is 22.4. The van der Waals surface area contributed by atoms with Crippen LogP contribution in [-0.4, -0.2) is 24.9 Å². The molecule has 0 radical (unpaired) electrons. The van der Waals surface area contributed by atoms with Crippen LogP contribution in [0.3, 0.4) is 0 Å². The number of hydrogen-bond donors (Lipinski definition) is 2. The first-order valence-corrected chi connectivity index (χ1v) is 5.22. The van der Waals surface area contributed by atoms with Crippen LogP contribution in [0, 0.1) is 5.92 Å². The molecule has 2 N–H and O–H groups in total. The van der Waals surface area contributed by atoms with Gasteiger partial charge in [-0.3, -0.25) is 9.59 Å². The Hall–Kier alpha value is -1.58. The highest BCUT2D eigenvalue weighted by Gasteiger charge is 2.07. The third-order valence-corrected chi connectivity index (χ3v) is 2.00. The monoisotopic (exact) mass is 224 g/mol. The van der Waals surface area contributed by atoms with Crippen molar-refractivity contribution in [3.8, 4) is 0 Å². The Morgan fingerprint density at radius 1 is 1.00 bits per heavy atom. The largest absolute Gasteiger partial charge is 0.352 e. The van der Waals surface area contributed by atoms with E-state index in [1.54, 1.807) is 13.8 Å². The maximum Gasteiger partial charge on any atom is 0.246 e. The summed E-state index contributed by atoms with van der Waals surface area (Å²) in [5.41, 5.74) is 0.969. The van der Waals surface area contributed by atoms with E-state index in [0.717, 1.165) is 0 Å². The van der Waals surface area contributed by atoms with Gasteiger partial charge in [-0.2, -0.15) is 0 Å². The second kappa shape index (κ2) is 6.82. The van der Waals surface area contributed by atoms with Crippen molar-refractivity contribution in [2.75, 3.05) is 13.1 Å². The molecule has 2 amide bonds. The van der Waals surface area contributed by atoms with E-state index in [4.69, 9.17) is 0 Å². The van der Waals surface area contributed by atoms with Gasteiger partial charge in [0.15, 0.2) is 0 Å². The lowest BCUT2D eigenvalue weighted by atomic mass is 10.1. The summed E-state index contributed by atoms with van der Waals surface area (Å²) >= 11 is 0. The summed E-state index contributed by atoms with van der Waals surface area (Å²) in [6, 6.07) is 0. The maximum atomic E-state index is 11.2. The molecule has 0 spiro atoms. The fourth-order valence-corrected chi connectivity index (χ4v) is 0.908. The smallest absolute Gasteiger partial charge is 0.246 e. The third-order valence-electron chi connectivity index (χ3n) is 2.00. The summed E-state index contributed by atoms with van der Waals surface area (Å²) in [7, 11) is 0. The summed E-state index contributed by atoms with van der Waals surface area (Å²) in [5.74, 6) is -0.136. The van der Waals surface area contributed by atoms with Crippen LogP contribution in [0.15, 0.2) is 24.3 Å². The molecule has 0 heterocycles. The predicted octanol–water partition coefficient (Wildman–Crippen LogP) is 1.01. The number of rotatable bonds is 6. The number of nitrogens with one attached hydrogen (secondary N) is 2. The minimum absolute atomic E-state index is 0.155. The number of carbonyl (C=O) groups excluding carboxylic acids is 2. The Kier molecular flexibility index (Phi) is 6.15. The molecule has 4 nitrogen and oxygen atoms in total. The van der Waals surface area contributed by atoms with Crippen LogP contribution in [0.5, 0.6) is 0 Å². The van der Waals surface area contributed by atoms with Crippen molar-refractivity contribution in [3.05, 3.63) is 24.3 Å². The molecule has 0 aliphatic heterocycles. The number of carbonyl (C=O) groups is 2. The average Bonchev–Trinajstić information content (AvgIpc) is 2.21. The van der Waals surface area contributed by atoms with Gasteiger partial charge in [-0.05, 0) is 19.8 Å². The van der Waals surface area contributed by atoms with Crippen molar-refractivity contribution in [1.29, 1.82) is 0 Å². The van der Waals surface area contributed by atoms with Crippen LogP contribution in [-0.2, 0) is 9.59 Å². The molecule has 0 rings (SSSR count). The Balaban J connectivity index is 3.79. The number of hydrogen-bond acceptors (Lipinski definition) is 2. The molecule has 0 aromatic carbocycles. The zero-order valence-electron chi connectivity index (χ0n) is 10.2. The average molecular weight is 224 g/mol. The van der Waals surface area contributed by atoms with Crippen molar-refractivity contribution in [2.45, 2.75) is 20.8 Å². The van der Waals surface area contributed by atoms with Gasteiger partial charge in [-0.1, -0.05) is 20.1 Å². The van der Waals surface area contributed by atoms with Crippen molar-refractivity contribution in [3.63, 3.8) is 0 Å². The Labute approximate surface area is 96.8 Å². The van der Waals surface area contributed by atoms with Gasteiger partial charge < -0.3 is 10.6 Å². The molecule has 0 aromatic heterocycles. The maximum absolute atomic E-state index is 11.2. The molecular formula is C12H20N2O2. The molecule has 0 atom stereocenters. The minimum atomic E-state index is -0.155. The van der Waals surface area contributed by atoms with Crippen molar-refractivity contribution in [2.24, 2.45) is 5.92 Å². The SMILES string of the molecule is C=C(C)C(=O)NCC(C)CNC(=O)C(=C)C. The van der Waals surface area contributed by atoms with Crippen molar-refractivity contribution >= 4 is 11.8 Å². The van der Waals surface area contributed by atoms with Gasteiger partial charge in [0.1, 0.15) is 0 Å². The summed E-state index contributed by atoms with van der Waals surface area (Å²) in [6.45, 7) is 13.4. The van der Waals surface area contributed by atoms with E-state index in [1.165, 1.54) is 0 Å². The third kappa shape index (κ3) is 6.01. The molecule has 0 aliphatic rings. The van der Waals surface area contributed by atoms with E-state index in [9.17, 15) is 9.59 Å². The van der Waals surface area contributed by atoms with Crippen molar-refractivity contribution in [1.82, 2.24) is 10.6 Å². The van der Waals surface area contributed by atoms with Crippen molar-refractivity contribution < 1.29 is 9.59 Å². The molecule has 90 valence electrons. The Morgan fingerprint density at radius 3 is 1.56 bits per heavy atom. The highest BCUT2D eigenvalue weighted by atomic mass is 16.2. The molecule has 4 heteroatoms. The zero-order valence-corrected chi connectivity index (χ0v) is 10.2. The van der Waals surface area contributed by atoms with Crippen LogP contribution in [0.1, 0.15) is 20.8 Å². The Morgan fingerprint density at radius 2 is 1.31 bits per heavy atom. The van der Waals surface area contributed by atoms with Gasteiger partial charge in [-0.15, -0.1) is 0 Å². The molecular weight excluding hydrogens is 204 g/mol. The lowest BCUT2D eigenvalue weighted by Crippen LogP contribution is -2.35. The fourth-order valence-electron chi connectivity index (χ4n) is 0.908. The van der Waals surface area contributed by atoms with Crippen LogP contribution in [0.2, 0.25) is 0 Å². The fraction of sp³-hybridized carbons (Fsp3) is 0.500. The van der Waals surface area contributed by atoms with Crippen LogP contribution in [0.4, 0.5) is 0 Å². The van der Waals surface area contributed by atoms with Crippen LogP contribution in [0.25, 0.3) is 0 Å². The first-order valence-electron chi connectivity index (χ1n) is 5.22. The van der Waals surface area contributed by atoms with E-state index in [-0.39, 0.29) is 17.7 Å². The quantitative estimate of drug-likeness (QED) is 0.661. The molecule has 0 aromatic rings. The molecule has 0 aliphatic carbocycles. The summed E-state index contributed by atoms with van der Waals surface area (Å²) in [5, 5.41) is 5.45. The normalized spacial score (nSPS) is 9.75. The molecule has 16 heavy (non-hydrogen) atoms. The van der Waals surface area contributed by atoms with Gasteiger partial charge in [0.05, 0.1) is 0 Å². The van der Waals surface area contributed by atoms with Gasteiger partial charge in [0.25, 0.3) is 0 Å². The molecule has 0 fully saturated rings. The summed E-state index contributed by atoms with van der Waals surface area (Å²) < 4.78 is 0. The zero-order chi connectivity index (χ0) is 12.7. The highest BCUT2D eigenvalue weighted by Crippen LogP contribution is 1.94. The second-order valence-corrected chi connectivity index (χ2v) is 4.09. The topological polar surface area (TPSA) is 58.2 Å². The van der Waals surface area contributed by atoms with Gasteiger partial charge in [-0.25, -0.2) is 0 Å². The van der Waals surface area contributed by atoms with Gasteiger partial charge in [0, 0.05) is 24.2 Å². The lowest BCUT2D eigenvalue weighted by molar-refractivity contribution is -0.117. The molecule has 0 unspecified atom stereocenters. The van der Waals surface area contributed by atoms with Gasteiger partial charge >= 0.3 is 0 Å². The molecule has 0 saturated heterocycles. The van der Waals surface area contributed by atoms with E-state index < -0.39 is 0 Å². The predicted molar refractivity (Wildman–Crippen MR) is 64.8 cm³/mol. The first-order chi connectivity index (χ1) is 7.34. The standard InChI is InChI=1S/C12H20N2O2/c1-8(2)11(15)13-6-10(5)7-14-12(16)9(3)4/h10H,1,3,6-7H2,2,4-5H3,(H,13,15)(H,14,16). The first kappa shape index (κ1) is 14.4. The number of amides is 2. The van der Waals surface area contributed by atoms with Crippen LogP contribution < -0.4 is 10.6 Å². The van der Waals surface area contributed by atoms with E-state index in [1.807, 2.05) is 6.92 Å². The second-order valence-electron chi connectivity index (χ2n) is 4.09. The van der Waals surface area contributed by atoms with E-state index in [2.05, 4.69) is 23.8 Å². The Bertz CT molecular complexity index is 278. The lowest BCUT2D eigenvalue weighted by Gasteiger charge is -2.13. The van der Waals surface area contributed by atoms with Crippen LogP contribution >= 0.6 is 0 Å². The van der Waals surface area contributed by atoms with Gasteiger partial charge in [0.2, 0.25) is 11.8 Å².